The molecule has 116 valence electrons. The number of ketones is 1. The molecule has 0 bridgehead atoms. The van der Waals surface area contributed by atoms with E-state index in [1.54, 1.807) is 0 Å². The molecule has 3 rings (SSSR count). The van der Waals surface area contributed by atoms with Gasteiger partial charge < -0.3 is 5.32 Å². The number of carbonyl (C=O) groups is 1. The fourth-order valence-corrected chi connectivity index (χ4v) is 3.02. The number of hydrogen-bond donors (Lipinski definition) is 1. The van der Waals surface area contributed by atoms with Gasteiger partial charge in [0.15, 0.2) is 5.13 Å². The Labute approximate surface area is 141 Å². The van der Waals surface area contributed by atoms with Crippen molar-refractivity contribution in [3.63, 3.8) is 0 Å². The Kier molecular flexibility index (Phi) is 4.69. The lowest BCUT2D eigenvalue weighted by Crippen LogP contribution is -1.98. The third kappa shape index (κ3) is 3.94. The Hall–Kier alpha value is -2.24. The van der Waals surface area contributed by atoms with Crippen LogP contribution in [0.5, 0.6) is 0 Å². The number of nitrogens with zero attached hydrogens (tertiary/aromatic N) is 1. The third-order valence-corrected chi connectivity index (χ3v) is 4.36. The van der Waals surface area contributed by atoms with Gasteiger partial charge in [0.1, 0.15) is 5.82 Å². The van der Waals surface area contributed by atoms with E-state index in [4.69, 9.17) is 11.6 Å². The zero-order valence-electron chi connectivity index (χ0n) is 11.9. The number of nitrogens with one attached hydrogen (secondary N) is 1. The Morgan fingerprint density at radius 2 is 2.00 bits per heavy atom. The zero-order chi connectivity index (χ0) is 16.2. The van der Waals surface area contributed by atoms with E-state index in [9.17, 15) is 9.18 Å². The lowest BCUT2D eigenvalue weighted by Gasteiger charge is -2.03. The van der Waals surface area contributed by atoms with Crippen LogP contribution >= 0.6 is 22.9 Å². The summed E-state index contributed by atoms with van der Waals surface area (Å²) in [4.78, 5) is 17.0. The molecule has 0 fully saturated rings. The molecule has 23 heavy (non-hydrogen) atoms. The Morgan fingerprint density at radius 1 is 1.22 bits per heavy atom. The Bertz CT molecular complexity index is 833. The Morgan fingerprint density at radius 3 is 2.74 bits per heavy atom. The molecule has 0 aliphatic carbocycles. The molecule has 1 heterocycles. The molecule has 1 N–H and O–H groups in total. The van der Waals surface area contributed by atoms with Gasteiger partial charge in [-0.3, -0.25) is 4.79 Å². The van der Waals surface area contributed by atoms with Gasteiger partial charge >= 0.3 is 0 Å². The largest absolute Gasteiger partial charge is 0.357 e. The van der Waals surface area contributed by atoms with Crippen molar-refractivity contribution in [1.82, 2.24) is 4.98 Å². The van der Waals surface area contributed by atoms with Gasteiger partial charge in [0.2, 0.25) is 5.78 Å². The third-order valence-electron chi connectivity index (χ3n) is 3.17. The summed E-state index contributed by atoms with van der Waals surface area (Å²) in [7, 11) is 0. The van der Waals surface area contributed by atoms with Gasteiger partial charge in [0.25, 0.3) is 0 Å². The maximum Gasteiger partial charge on any atom is 0.204 e. The molecular formula is C17H12ClFN2OS. The number of thiazole rings is 1. The number of carbonyl (C=O) groups excluding carboxylic acids is 1. The van der Waals surface area contributed by atoms with Crippen LogP contribution in [0.15, 0.2) is 54.7 Å². The highest BCUT2D eigenvalue weighted by molar-refractivity contribution is 7.17. The van der Waals surface area contributed by atoms with Crippen molar-refractivity contribution in [1.29, 1.82) is 0 Å². The molecule has 0 amide bonds. The van der Waals surface area contributed by atoms with Crippen molar-refractivity contribution < 1.29 is 9.18 Å². The van der Waals surface area contributed by atoms with Gasteiger partial charge in [-0.15, -0.1) is 0 Å². The fraction of sp³-hybridized carbons (Fsp3) is 0.0588. The SMILES string of the molecule is O=C(c1ccc(F)cc1)c1cnc(NCc2cccc(Cl)c2)s1. The van der Waals surface area contributed by atoms with Gasteiger partial charge in [-0.25, -0.2) is 9.37 Å². The van der Waals surface area contributed by atoms with Crippen molar-refractivity contribution in [2.45, 2.75) is 6.54 Å². The maximum absolute atomic E-state index is 12.9. The molecule has 3 nitrogen and oxygen atoms in total. The van der Waals surface area contributed by atoms with E-state index in [-0.39, 0.29) is 11.6 Å². The molecule has 0 radical (unpaired) electrons. The molecule has 0 spiro atoms. The predicted octanol–water partition coefficient (Wildman–Crippen LogP) is 4.78. The molecular weight excluding hydrogens is 335 g/mol. The highest BCUT2D eigenvalue weighted by Crippen LogP contribution is 2.22. The molecule has 0 saturated carbocycles. The molecule has 0 saturated heterocycles. The minimum Gasteiger partial charge on any atom is -0.357 e. The van der Waals surface area contributed by atoms with E-state index in [0.29, 0.717) is 27.1 Å². The van der Waals surface area contributed by atoms with Crippen LogP contribution in [0.25, 0.3) is 0 Å². The van der Waals surface area contributed by atoms with Crippen LogP contribution in [0, 0.1) is 5.82 Å². The number of anilines is 1. The molecule has 0 aliphatic heterocycles. The number of benzene rings is 2. The minimum atomic E-state index is -0.366. The van der Waals surface area contributed by atoms with Crippen molar-refractivity contribution >= 4 is 33.9 Å². The topological polar surface area (TPSA) is 42.0 Å². The van der Waals surface area contributed by atoms with Gasteiger partial charge in [-0.1, -0.05) is 35.1 Å². The first-order valence-electron chi connectivity index (χ1n) is 6.86. The average molecular weight is 347 g/mol. The van der Waals surface area contributed by atoms with Crippen LogP contribution in [0.3, 0.4) is 0 Å². The first kappa shape index (κ1) is 15.6. The van der Waals surface area contributed by atoms with Gasteiger partial charge in [-0.2, -0.15) is 0 Å². The normalized spacial score (nSPS) is 10.5. The van der Waals surface area contributed by atoms with Crippen molar-refractivity contribution in [3.05, 3.63) is 81.6 Å². The molecule has 3 aromatic rings. The van der Waals surface area contributed by atoms with E-state index >= 15 is 0 Å². The van der Waals surface area contributed by atoms with Crippen LogP contribution < -0.4 is 5.32 Å². The van der Waals surface area contributed by atoms with Crippen LogP contribution in [0.2, 0.25) is 5.02 Å². The summed E-state index contributed by atoms with van der Waals surface area (Å²) in [5, 5.41) is 4.49. The smallest absolute Gasteiger partial charge is 0.204 e. The summed E-state index contributed by atoms with van der Waals surface area (Å²) in [5.74, 6) is -0.534. The Balaban J connectivity index is 1.68. The molecule has 6 heteroatoms. The first-order chi connectivity index (χ1) is 11.1. The summed E-state index contributed by atoms with van der Waals surface area (Å²) in [6.45, 7) is 0.568. The van der Waals surface area contributed by atoms with Crippen molar-refractivity contribution in [2.75, 3.05) is 5.32 Å². The number of hydrogen-bond acceptors (Lipinski definition) is 4. The highest BCUT2D eigenvalue weighted by Gasteiger charge is 2.13. The van der Waals surface area contributed by atoms with Crippen molar-refractivity contribution in [3.8, 4) is 0 Å². The van der Waals surface area contributed by atoms with E-state index in [2.05, 4.69) is 10.3 Å². The van der Waals surface area contributed by atoms with Crippen LogP contribution in [-0.4, -0.2) is 10.8 Å². The van der Waals surface area contributed by atoms with Gasteiger partial charge in [0, 0.05) is 17.1 Å². The number of halogens is 2. The van der Waals surface area contributed by atoms with Gasteiger partial charge in [0.05, 0.1) is 11.1 Å². The number of aromatic nitrogens is 1. The molecule has 2 aromatic carbocycles. The zero-order valence-corrected chi connectivity index (χ0v) is 13.5. The fourth-order valence-electron chi connectivity index (χ4n) is 2.03. The van der Waals surface area contributed by atoms with E-state index in [1.807, 2.05) is 24.3 Å². The summed E-state index contributed by atoms with van der Waals surface area (Å²) in [6.07, 6.45) is 1.52. The van der Waals surface area contributed by atoms with E-state index < -0.39 is 0 Å². The monoisotopic (exact) mass is 346 g/mol. The molecule has 1 aromatic heterocycles. The summed E-state index contributed by atoms with van der Waals surface area (Å²) in [6, 6.07) is 13.0. The standard InChI is InChI=1S/C17H12ClFN2OS/c18-13-3-1-2-11(8-13)9-20-17-21-10-15(23-17)16(22)12-4-6-14(19)7-5-12/h1-8,10H,9H2,(H,20,21). The second-order valence-electron chi connectivity index (χ2n) is 4.85. The lowest BCUT2D eigenvalue weighted by molar-refractivity contribution is 0.104. The van der Waals surface area contributed by atoms with Crippen LogP contribution in [0.1, 0.15) is 20.8 Å². The average Bonchev–Trinajstić information content (AvgIpc) is 3.02. The van der Waals surface area contributed by atoms with E-state index in [1.165, 1.54) is 41.8 Å². The number of rotatable bonds is 5. The molecule has 0 unspecified atom stereocenters. The molecule has 0 aliphatic rings. The predicted molar refractivity (Wildman–Crippen MR) is 90.7 cm³/mol. The summed E-state index contributed by atoms with van der Waals surface area (Å²) in [5.41, 5.74) is 1.47. The van der Waals surface area contributed by atoms with Crippen LogP contribution in [0.4, 0.5) is 9.52 Å². The lowest BCUT2D eigenvalue weighted by atomic mass is 10.1. The minimum absolute atomic E-state index is 0.168. The summed E-state index contributed by atoms with van der Waals surface area (Å²) >= 11 is 7.20. The van der Waals surface area contributed by atoms with Gasteiger partial charge in [-0.05, 0) is 42.0 Å². The second-order valence-corrected chi connectivity index (χ2v) is 6.32. The van der Waals surface area contributed by atoms with Crippen LogP contribution in [-0.2, 0) is 6.54 Å². The molecule has 0 atom stereocenters. The van der Waals surface area contributed by atoms with Crippen molar-refractivity contribution in [2.24, 2.45) is 0 Å². The van der Waals surface area contributed by atoms with E-state index in [0.717, 1.165) is 5.56 Å². The first-order valence-corrected chi connectivity index (χ1v) is 8.06. The maximum atomic E-state index is 12.9. The second kappa shape index (κ2) is 6.89. The quantitative estimate of drug-likeness (QED) is 0.676. The summed E-state index contributed by atoms with van der Waals surface area (Å²) < 4.78 is 12.9. The highest BCUT2D eigenvalue weighted by atomic mass is 35.5.